The minimum Gasteiger partial charge on any atom is -0.450 e. The number of benzene rings is 2. The Morgan fingerprint density at radius 3 is 2.35 bits per heavy atom. The number of hydrogen-bond donors (Lipinski definition) is 2. The first-order valence-electron chi connectivity index (χ1n) is 5.68. The molecule has 0 heterocycles. The molecule has 20 heavy (non-hydrogen) atoms. The summed E-state index contributed by atoms with van der Waals surface area (Å²) in [6, 6.07) is 7.75. The Labute approximate surface area is 113 Å². The average molecular weight is 279 g/mol. The van der Waals surface area contributed by atoms with Crippen molar-refractivity contribution in [2.24, 2.45) is 5.73 Å². The van der Waals surface area contributed by atoms with Gasteiger partial charge in [-0.2, -0.15) is 0 Å². The van der Waals surface area contributed by atoms with E-state index in [9.17, 15) is 13.6 Å². The van der Waals surface area contributed by atoms with Crippen molar-refractivity contribution in [2.75, 3.05) is 0 Å². The molecule has 1 amide bonds. The number of nitrogens with two attached hydrogens (primary N) is 1. The second-order valence-corrected chi connectivity index (χ2v) is 4.01. The van der Waals surface area contributed by atoms with E-state index in [1.165, 1.54) is 12.1 Å². The number of aliphatic hydroxyl groups excluding tert-OH is 1. The summed E-state index contributed by atoms with van der Waals surface area (Å²) in [5, 5.41) is 8.85. The molecule has 2 rings (SSSR count). The third kappa shape index (κ3) is 2.75. The average Bonchev–Trinajstić information content (AvgIpc) is 2.42. The molecule has 0 aliphatic heterocycles. The van der Waals surface area contributed by atoms with Crippen LogP contribution in [0.25, 0.3) is 0 Å². The Kier molecular flexibility index (Phi) is 3.95. The van der Waals surface area contributed by atoms with Gasteiger partial charge in [0.05, 0.1) is 12.2 Å². The molecule has 4 nitrogen and oxygen atoms in total. The van der Waals surface area contributed by atoms with Crippen molar-refractivity contribution in [3.8, 4) is 11.5 Å². The zero-order valence-electron chi connectivity index (χ0n) is 10.3. The largest absolute Gasteiger partial charge is 0.450 e. The van der Waals surface area contributed by atoms with Crippen molar-refractivity contribution in [2.45, 2.75) is 6.61 Å². The van der Waals surface area contributed by atoms with Crippen LogP contribution in [0.15, 0.2) is 36.4 Å². The molecule has 0 saturated heterocycles. The first-order chi connectivity index (χ1) is 9.52. The molecule has 0 spiro atoms. The lowest BCUT2D eigenvalue weighted by molar-refractivity contribution is 0.0998. The topological polar surface area (TPSA) is 72.6 Å². The molecule has 2 aromatic rings. The lowest BCUT2D eigenvalue weighted by atomic mass is 10.2. The molecular formula is C14H11F2NO3. The molecule has 0 aliphatic rings. The highest BCUT2D eigenvalue weighted by Crippen LogP contribution is 2.30. The molecule has 0 aliphatic carbocycles. The van der Waals surface area contributed by atoms with Gasteiger partial charge in [0.25, 0.3) is 5.91 Å². The third-order valence-corrected chi connectivity index (χ3v) is 2.61. The summed E-state index contributed by atoms with van der Waals surface area (Å²) in [7, 11) is 0. The van der Waals surface area contributed by atoms with Gasteiger partial charge in [-0.25, -0.2) is 8.78 Å². The summed E-state index contributed by atoms with van der Waals surface area (Å²) < 4.78 is 32.5. The number of hydrogen-bond acceptors (Lipinski definition) is 3. The van der Waals surface area contributed by atoms with Gasteiger partial charge in [-0.1, -0.05) is 12.1 Å². The van der Waals surface area contributed by atoms with Crippen LogP contribution in [0.1, 0.15) is 15.9 Å². The smallest absolute Gasteiger partial charge is 0.252 e. The van der Waals surface area contributed by atoms with Gasteiger partial charge in [-0.05, 0) is 29.8 Å². The molecule has 3 N–H and O–H groups in total. The number of aliphatic hydroxyl groups is 1. The molecule has 0 unspecified atom stereocenters. The summed E-state index contributed by atoms with van der Waals surface area (Å²) >= 11 is 0. The van der Waals surface area contributed by atoms with Crippen LogP contribution in [0, 0.1) is 11.6 Å². The second kappa shape index (κ2) is 5.66. The zero-order chi connectivity index (χ0) is 14.7. The fourth-order valence-corrected chi connectivity index (χ4v) is 1.67. The van der Waals surface area contributed by atoms with Crippen LogP contribution in [0.3, 0.4) is 0 Å². The van der Waals surface area contributed by atoms with E-state index in [2.05, 4.69) is 0 Å². The summed E-state index contributed by atoms with van der Waals surface area (Å²) in [4.78, 5) is 11.2. The van der Waals surface area contributed by atoms with E-state index in [4.69, 9.17) is 15.6 Å². The number of carbonyl (C=O) groups excluding carboxylic acids is 1. The van der Waals surface area contributed by atoms with Crippen molar-refractivity contribution >= 4 is 5.91 Å². The van der Waals surface area contributed by atoms with Crippen LogP contribution in [-0.4, -0.2) is 11.0 Å². The van der Waals surface area contributed by atoms with E-state index < -0.39 is 29.9 Å². The minimum atomic E-state index is -0.978. The van der Waals surface area contributed by atoms with Crippen LogP contribution in [0.2, 0.25) is 0 Å². The van der Waals surface area contributed by atoms with E-state index in [0.29, 0.717) is 0 Å². The first-order valence-corrected chi connectivity index (χ1v) is 5.68. The fourth-order valence-electron chi connectivity index (χ4n) is 1.67. The molecule has 0 bridgehead atoms. The van der Waals surface area contributed by atoms with Crippen molar-refractivity contribution in [1.82, 2.24) is 0 Å². The standard InChI is InChI=1S/C14H11F2NO3/c15-10-5-8(7-18)6-11(16)13(10)20-12-4-2-1-3-9(12)14(17)19/h1-6,18H,7H2,(H2,17,19). The van der Waals surface area contributed by atoms with Gasteiger partial charge >= 0.3 is 0 Å². The van der Waals surface area contributed by atoms with Crippen molar-refractivity contribution in [3.63, 3.8) is 0 Å². The van der Waals surface area contributed by atoms with E-state index in [-0.39, 0.29) is 16.9 Å². The van der Waals surface area contributed by atoms with Crippen LogP contribution in [0.4, 0.5) is 8.78 Å². The maximum absolute atomic E-state index is 13.7. The molecule has 0 atom stereocenters. The normalized spacial score (nSPS) is 10.3. The van der Waals surface area contributed by atoms with Crippen LogP contribution in [0.5, 0.6) is 11.5 Å². The van der Waals surface area contributed by atoms with Crippen molar-refractivity contribution < 1.29 is 23.4 Å². The Morgan fingerprint density at radius 2 is 1.80 bits per heavy atom. The van der Waals surface area contributed by atoms with Crippen LogP contribution >= 0.6 is 0 Å². The van der Waals surface area contributed by atoms with Gasteiger partial charge in [0.1, 0.15) is 5.75 Å². The molecule has 0 aromatic heterocycles. The summed E-state index contributed by atoms with van der Waals surface area (Å²) in [6.07, 6.45) is 0. The predicted octanol–water partition coefficient (Wildman–Crippen LogP) is 2.35. The molecule has 2 aromatic carbocycles. The molecule has 6 heteroatoms. The Bertz CT molecular complexity index is 636. The quantitative estimate of drug-likeness (QED) is 0.902. The summed E-state index contributed by atoms with van der Waals surface area (Å²) in [5.74, 6) is -3.43. The van der Waals surface area contributed by atoms with E-state index in [1.807, 2.05) is 0 Å². The Balaban J connectivity index is 2.43. The number of ether oxygens (including phenoxy) is 1. The third-order valence-electron chi connectivity index (χ3n) is 2.61. The molecular weight excluding hydrogens is 268 g/mol. The number of primary amides is 1. The fraction of sp³-hybridized carbons (Fsp3) is 0.0714. The van der Waals surface area contributed by atoms with Gasteiger partial charge in [-0.3, -0.25) is 4.79 Å². The lowest BCUT2D eigenvalue weighted by Gasteiger charge is -2.11. The van der Waals surface area contributed by atoms with Gasteiger partial charge in [0, 0.05) is 0 Å². The van der Waals surface area contributed by atoms with Gasteiger partial charge in [0.15, 0.2) is 17.4 Å². The predicted molar refractivity (Wildman–Crippen MR) is 67.3 cm³/mol. The van der Waals surface area contributed by atoms with Crippen molar-refractivity contribution in [1.29, 1.82) is 0 Å². The van der Waals surface area contributed by atoms with Crippen LogP contribution in [-0.2, 0) is 6.61 Å². The number of para-hydroxylation sites is 1. The monoisotopic (exact) mass is 279 g/mol. The highest BCUT2D eigenvalue weighted by Gasteiger charge is 2.16. The highest BCUT2D eigenvalue weighted by molar-refractivity contribution is 5.95. The minimum absolute atomic E-state index is 0.0116. The van der Waals surface area contributed by atoms with Crippen LogP contribution < -0.4 is 10.5 Å². The highest BCUT2D eigenvalue weighted by atomic mass is 19.1. The summed E-state index contributed by atoms with van der Waals surface area (Å²) in [5.41, 5.74) is 5.24. The maximum atomic E-state index is 13.7. The number of amides is 1. The number of carbonyl (C=O) groups is 1. The number of halogens is 2. The number of rotatable bonds is 4. The van der Waals surface area contributed by atoms with E-state index in [0.717, 1.165) is 12.1 Å². The van der Waals surface area contributed by atoms with E-state index >= 15 is 0 Å². The summed E-state index contributed by atoms with van der Waals surface area (Å²) in [6.45, 7) is -0.494. The molecule has 0 radical (unpaired) electrons. The SMILES string of the molecule is NC(=O)c1ccccc1Oc1c(F)cc(CO)cc1F. The zero-order valence-corrected chi connectivity index (χ0v) is 10.3. The van der Waals surface area contributed by atoms with Gasteiger partial charge in [0.2, 0.25) is 0 Å². The molecule has 0 fully saturated rings. The van der Waals surface area contributed by atoms with E-state index in [1.54, 1.807) is 12.1 Å². The maximum Gasteiger partial charge on any atom is 0.252 e. The van der Waals surface area contributed by atoms with Gasteiger partial charge < -0.3 is 15.6 Å². The second-order valence-electron chi connectivity index (χ2n) is 4.01. The van der Waals surface area contributed by atoms with Crippen molar-refractivity contribution in [3.05, 3.63) is 59.2 Å². The Morgan fingerprint density at radius 1 is 1.20 bits per heavy atom. The Hall–Kier alpha value is -2.47. The first kappa shape index (κ1) is 14.0. The van der Waals surface area contributed by atoms with Gasteiger partial charge in [-0.15, -0.1) is 0 Å². The lowest BCUT2D eigenvalue weighted by Crippen LogP contribution is -2.12. The molecule has 104 valence electrons. The molecule has 0 saturated carbocycles.